The summed E-state index contributed by atoms with van der Waals surface area (Å²) in [5.41, 5.74) is 8.28. The first-order valence-electron chi connectivity index (χ1n) is 13.9. The monoisotopic (exact) mass is 557 g/mol. The minimum absolute atomic E-state index is 0.0931. The minimum atomic E-state index is -0.156. The van der Waals surface area contributed by atoms with Crippen LogP contribution in [0.4, 0.5) is 5.69 Å². The molecule has 1 atom stereocenters. The predicted molar refractivity (Wildman–Crippen MR) is 165 cm³/mol. The average Bonchev–Trinajstić information content (AvgIpc) is 3.31. The van der Waals surface area contributed by atoms with E-state index in [-0.39, 0.29) is 17.8 Å². The van der Waals surface area contributed by atoms with Gasteiger partial charge in [-0.2, -0.15) is 11.8 Å². The van der Waals surface area contributed by atoms with Crippen molar-refractivity contribution >= 4 is 34.9 Å². The molecule has 3 aromatic carbocycles. The van der Waals surface area contributed by atoms with Crippen LogP contribution >= 0.6 is 11.8 Å². The summed E-state index contributed by atoms with van der Waals surface area (Å²) in [6.45, 7) is 4.25. The number of aryl methyl sites for hydroxylation is 1. The maximum absolute atomic E-state index is 13.1. The molecule has 0 fully saturated rings. The number of esters is 1. The summed E-state index contributed by atoms with van der Waals surface area (Å²) in [5, 5.41) is 0. The highest BCUT2D eigenvalue weighted by Crippen LogP contribution is 2.36. The molecule has 0 aromatic heterocycles. The van der Waals surface area contributed by atoms with Gasteiger partial charge in [-0.05, 0) is 84.0 Å². The maximum atomic E-state index is 13.1. The standard InChI is InChI=1S/C34H39NO4S/c1-5-39-33(36)22-32-28(21-27-11-6-7-12-31(27)32)23-40-18-17-25-9-8-10-26(20-25)19-24(2)34(37)35(3)29-13-15-30(38-4)16-14-29/h6-16,20,24H,5,17-19,21-23H2,1-4H3/t24-/m0/s1. The van der Waals surface area contributed by atoms with Gasteiger partial charge in [0.15, 0.2) is 0 Å². The molecule has 0 saturated carbocycles. The van der Waals surface area contributed by atoms with E-state index in [4.69, 9.17) is 9.47 Å². The Bertz CT molecular complexity index is 1350. The number of methoxy groups -OCH3 is 1. The highest BCUT2D eigenvalue weighted by molar-refractivity contribution is 7.99. The van der Waals surface area contributed by atoms with Gasteiger partial charge in [0.25, 0.3) is 0 Å². The summed E-state index contributed by atoms with van der Waals surface area (Å²) in [5.74, 6) is 2.48. The first-order chi connectivity index (χ1) is 19.4. The van der Waals surface area contributed by atoms with Gasteiger partial charge >= 0.3 is 5.97 Å². The molecule has 0 saturated heterocycles. The fourth-order valence-corrected chi connectivity index (χ4v) is 6.26. The lowest BCUT2D eigenvalue weighted by molar-refractivity contribution is -0.141. The van der Waals surface area contributed by atoms with Crippen LogP contribution in [0.3, 0.4) is 0 Å². The van der Waals surface area contributed by atoms with Crippen molar-refractivity contribution in [2.75, 3.05) is 37.2 Å². The summed E-state index contributed by atoms with van der Waals surface area (Å²) in [4.78, 5) is 27.1. The van der Waals surface area contributed by atoms with E-state index in [0.717, 1.165) is 41.4 Å². The quantitative estimate of drug-likeness (QED) is 0.171. The van der Waals surface area contributed by atoms with E-state index in [1.165, 1.54) is 27.8 Å². The second-order valence-corrected chi connectivity index (χ2v) is 11.3. The van der Waals surface area contributed by atoms with Gasteiger partial charge in [-0.15, -0.1) is 0 Å². The maximum Gasteiger partial charge on any atom is 0.310 e. The molecule has 1 aliphatic carbocycles. The Morgan fingerprint density at radius 1 is 1.00 bits per heavy atom. The molecule has 3 aromatic rings. The number of rotatable bonds is 13. The van der Waals surface area contributed by atoms with Crippen molar-refractivity contribution in [3.05, 3.63) is 101 Å². The number of anilines is 1. The van der Waals surface area contributed by atoms with Crippen LogP contribution in [0.2, 0.25) is 0 Å². The van der Waals surface area contributed by atoms with Gasteiger partial charge in [0.1, 0.15) is 5.75 Å². The normalized spacial score (nSPS) is 13.1. The van der Waals surface area contributed by atoms with Crippen molar-refractivity contribution in [2.24, 2.45) is 5.92 Å². The zero-order chi connectivity index (χ0) is 28.5. The molecule has 0 radical (unpaired) electrons. The van der Waals surface area contributed by atoms with Gasteiger partial charge in [0, 0.05) is 24.4 Å². The SMILES string of the molecule is CCOC(=O)CC1=C(CSCCc2cccc(C[C@H](C)C(=O)N(C)c3ccc(OC)cc3)c2)Cc2ccccc21. The molecule has 1 aliphatic rings. The topological polar surface area (TPSA) is 55.8 Å². The van der Waals surface area contributed by atoms with E-state index >= 15 is 0 Å². The second-order valence-electron chi connectivity index (χ2n) is 10.2. The molecule has 210 valence electrons. The number of amides is 1. The molecule has 1 amide bonds. The largest absolute Gasteiger partial charge is 0.497 e. The van der Waals surface area contributed by atoms with Gasteiger partial charge in [0.05, 0.1) is 20.1 Å². The summed E-state index contributed by atoms with van der Waals surface area (Å²) >= 11 is 1.91. The Morgan fingerprint density at radius 3 is 2.50 bits per heavy atom. The van der Waals surface area contributed by atoms with Crippen molar-refractivity contribution in [3.63, 3.8) is 0 Å². The van der Waals surface area contributed by atoms with E-state index in [9.17, 15) is 9.59 Å². The Kier molecular flexibility index (Phi) is 10.5. The molecule has 0 spiro atoms. The molecule has 0 bridgehead atoms. The molecule has 40 heavy (non-hydrogen) atoms. The Hall–Kier alpha value is -3.51. The first kappa shape index (κ1) is 29.5. The van der Waals surface area contributed by atoms with Crippen molar-refractivity contribution in [2.45, 2.75) is 39.5 Å². The van der Waals surface area contributed by atoms with Crippen LogP contribution in [0.25, 0.3) is 5.57 Å². The Balaban J connectivity index is 1.30. The Morgan fingerprint density at radius 2 is 1.75 bits per heavy atom. The van der Waals surface area contributed by atoms with Crippen LogP contribution in [0.1, 0.15) is 42.5 Å². The number of hydrogen-bond donors (Lipinski definition) is 0. The van der Waals surface area contributed by atoms with Gasteiger partial charge < -0.3 is 14.4 Å². The van der Waals surface area contributed by atoms with E-state index in [1.807, 2.05) is 63.0 Å². The van der Waals surface area contributed by atoms with Crippen molar-refractivity contribution in [1.82, 2.24) is 0 Å². The van der Waals surface area contributed by atoms with Crippen LogP contribution in [-0.4, -0.2) is 44.1 Å². The van der Waals surface area contributed by atoms with Gasteiger partial charge in [-0.3, -0.25) is 9.59 Å². The van der Waals surface area contributed by atoms with Crippen LogP contribution in [0.5, 0.6) is 5.75 Å². The van der Waals surface area contributed by atoms with Gasteiger partial charge in [-0.25, -0.2) is 0 Å². The van der Waals surface area contributed by atoms with Crippen molar-refractivity contribution in [1.29, 1.82) is 0 Å². The Labute approximate surface area is 242 Å². The third-order valence-electron chi connectivity index (χ3n) is 7.36. The molecular weight excluding hydrogens is 518 g/mol. The molecule has 0 aliphatic heterocycles. The first-order valence-corrected chi connectivity index (χ1v) is 15.1. The number of nitrogens with zero attached hydrogens (tertiary/aromatic N) is 1. The predicted octanol–water partition coefficient (Wildman–Crippen LogP) is 6.78. The molecule has 0 N–H and O–H groups in total. The van der Waals surface area contributed by atoms with E-state index in [0.29, 0.717) is 19.4 Å². The lowest BCUT2D eigenvalue weighted by Crippen LogP contribution is -2.32. The third kappa shape index (κ3) is 7.57. The van der Waals surface area contributed by atoms with Crippen LogP contribution < -0.4 is 9.64 Å². The highest BCUT2D eigenvalue weighted by Gasteiger charge is 2.23. The summed E-state index contributed by atoms with van der Waals surface area (Å²) in [7, 11) is 3.46. The number of hydrogen-bond acceptors (Lipinski definition) is 5. The fraction of sp³-hybridized carbons (Fsp3) is 0.353. The zero-order valence-corrected chi connectivity index (χ0v) is 24.8. The van der Waals surface area contributed by atoms with E-state index in [2.05, 4.69) is 42.5 Å². The molecule has 6 heteroatoms. The van der Waals surface area contributed by atoms with E-state index in [1.54, 1.807) is 12.0 Å². The average molecular weight is 558 g/mol. The lowest BCUT2D eigenvalue weighted by atomic mass is 9.97. The lowest BCUT2D eigenvalue weighted by Gasteiger charge is -2.22. The molecular formula is C34H39NO4S. The van der Waals surface area contributed by atoms with Crippen LogP contribution in [0, 0.1) is 5.92 Å². The highest BCUT2D eigenvalue weighted by atomic mass is 32.2. The van der Waals surface area contributed by atoms with Crippen molar-refractivity contribution in [3.8, 4) is 5.75 Å². The second kappa shape index (κ2) is 14.2. The number of carbonyl (C=O) groups excluding carboxylic acids is 2. The zero-order valence-electron chi connectivity index (χ0n) is 23.9. The molecule has 5 nitrogen and oxygen atoms in total. The number of ether oxygens (including phenoxy) is 2. The number of thioether (sulfide) groups is 1. The molecule has 0 heterocycles. The van der Waals surface area contributed by atoms with Crippen LogP contribution in [0.15, 0.2) is 78.4 Å². The van der Waals surface area contributed by atoms with Gasteiger partial charge in [0.2, 0.25) is 5.91 Å². The fourth-order valence-electron chi connectivity index (χ4n) is 5.21. The number of benzene rings is 3. The number of carbonyl (C=O) groups is 2. The van der Waals surface area contributed by atoms with Gasteiger partial charge in [-0.1, -0.05) is 61.0 Å². The molecule has 0 unspecified atom stereocenters. The number of fused-ring (bicyclic) bond motifs is 1. The van der Waals surface area contributed by atoms with E-state index < -0.39 is 0 Å². The third-order valence-corrected chi connectivity index (χ3v) is 8.40. The summed E-state index contributed by atoms with van der Waals surface area (Å²) in [6.07, 6.45) is 2.90. The smallest absolute Gasteiger partial charge is 0.310 e. The summed E-state index contributed by atoms with van der Waals surface area (Å²) in [6, 6.07) is 24.5. The summed E-state index contributed by atoms with van der Waals surface area (Å²) < 4.78 is 10.5. The van der Waals surface area contributed by atoms with Crippen molar-refractivity contribution < 1.29 is 19.1 Å². The minimum Gasteiger partial charge on any atom is -0.497 e. The molecule has 4 rings (SSSR count). The van der Waals surface area contributed by atoms with Crippen LogP contribution in [-0.2, 0) is 33.6 Å².